The molecule has 0 aliphatic heterocycles. The lowest BCUT2D eigenvalue weighted by molar-refractivity contribution is 1.47. The zero-order valence-corrected chi connectivity index (χ0v) is 24.1. The summed E-state index contributed by atoms with van der Waals surface area (Å²) in [6, 6.07) is 59.9. The Morgan fingerprint density at radius 3 is 0.814 bits per heavy atom. The fraction of sp³-hybridized carbons (Fsp3) is 0.0233. The predicted molar refractivity (Wildman–Crippen MR) is 185 cm³/mol. The van der Waals surface area contributed by atoms with Crippen LogP contribution >= 0.6 is 0 Å². The van der Waals surface area contributed by atoms with Crippen molar-refractivity contribution in [1.82, 2.24) is 0 Å². The quantitative estimate of drug-likeness (QED) is 0.193. The van der Waals surface area contributed by atoms with Gasteiger partial charge < -0.3 is 0 Å². The van der Waals surface area contributed by atoms with Crippen molar-refractivity contribution in [2.75, 3.05) is 0 Å². The van der Waals surface area contributed by atoms with Gasteiger partial charge in [-0.1, -0.05) is 169 Å². The number of benzene rings is 8. The van der Waals surface area contributed by atoms with Gasteiger partial charge in [0.2, 0.25) is 0 Å². The zero-order valence-electron chi connectivity index (χ0n) is 24.1. The maximum absolute atomic E-state index is 2.31. The van der Waals surface area contributed by atoms with Crippen molar-refractivity contribution in [3.05, 3.63) is 169 Å². The van der Waals surface area contributed by atoms with Crippen molar-refractivity contribution in [2.45, 2.75) is 6.92 Å². The van der Waals surface area contributed by atoms with E-state index in [9.17, 15) is 0 Å². The van der Waals surface area contributed by atoms with Gasteiger partial charge >= 0.3 is 0 Å². The van der Waals surface area contributed by atoms with Crippen LogP contribution in [0.4, 0.5) is 0 Å². The summed E-state index contributed by atoms with van der Waals surface area (Å²) in [5, 5.41) is 7.66. The largest absolute Gasteiger partial charge is 0.0622 e. The molecule has 0 fully saturated rings. The van der Waals surface area contributed by atoms with Crippen LogP contribution < -0.4 is 0 Å². The Hall–Kier alpha value is -5.46. The van der Waals surface area contributed by atoms with Gasteiger partial charge in [-0.3, -0.25) is 0 Å². The number of fused-ring (bicyclic) bond motifs is 3. The minimum absolute atomic E-state index is 1.23. The highest BCUT2D eigenvalue weighted by molar-refractivity contribution is 6.33. The number of aryl methyl sites for hydroxylation is 1. The van der Waals surface area contributed by atoms with Gasteiger partial charge in [0, 0.05) is 0 Å². The van der Waals surface area contributed by atoms with E-state index >= 15 is 0 Å². The number of hydrogen-bond donors (Lipinski definition) is 0. The third kappa shape index (κ3) is 4.15. The molecule has 0 saturated carbocycles. The average Bonchev–Trinajstić information content (AvgIpc) is 3.08. The highest BCUT2D eigenvalue weighted by atomic mass is 14.3. The fourth-order valence-corrected chi connectivity index (χ4v) is 6.86. The van der Waals surface area contributed by atoms with Crippen LogP contribution in [-0.2, 0) is 0 Å². The molecule has 0 atom stereocenters. The van der Waals surface area contributed by atoms with Crippen LogP contribution in [0.2, 0.25) is 0 Å². The van der Waals surface area contributed by atoms with E-state index in [1.54, 1.807) is 0 Å². The maximum Gasteiger partial charge on any atom is -0.000139 e. The van der Waals surface area contributed by atoms with Gasteiger partial charge in [0.15, 0.2) is 0 Å². The Morgan fingerprint density at radius 2 is 0.512 bits per heavy atom. The summed E-state index contributed by atoms with van der Waals surface area (Å²) < 4.78 is 0. The Bertz CT molecular complexity index is 2200. The Morgan fingerprint density at radius 1 is 0.256 bits per heavy atom. The maximum atomic E-state index is 2.31. The van der Waals surface area contributed by atoms with E-state index in [1.807, 2.05) is 0 Å². The fourth-order valence-electron chi connectivity index (χ4n) is 6.86. The van der Waals surface area contributed by atoms with Crippen LogP contribution in [0, 0.1) is 6.92 Å². The predicted octanol–water partition coefficient (Wildman–Crippen LogP) is 12.1. The van der Waals surface area contributed by atoms with Crippen LogP contribution in [0.25, 0.3) is 76.8 Å². The second kappa shape index (κ2) is 10.4. The monoisotopic (exact) mass is 546 g/mol. The smallest absolute Gasteiger partial charge is 0.000139 e. The first-order valence-corrected chi connectivity index (χ1v) is 15.0. The molecule has 0 heteroatoms. The molecule has 0 spiro atoms. The lowest BCUT2D eigenvalue weighted by Gasteiger charge is -2.25. The van der Waals surface area contributed by atoms with E-state index < -0.39 is 0 Å². The molecular weight excluding hydrogens is 516 g/mol. The Kier molecular flexibility index (Phi) is 6.12. The number of rotatable bonds is 4. The van der Waals surface area contributed by atoms with E-state index in [2.05, 4.69) is 171 Å². The second-order valence-electron chi connectivity index (χ2n) is 11.3. The molecular formula is C43H30. The van der Waals surface area contributed by atoms with Crippen LogP contribution in [0.1, 0.15) is 5.56 Å². The highest BCUT2D eigenvalue weighted by Gasteiger charge is 2.25. The Balaban J connectivity index is 1.76. The summed E-state index contributed by atoms with van der Waals surface area (Å²) in [5.41, 5.74) is 11.3. The molecule has 8 aromatic carbocycles. The van der Waals surface area contributed by atoms with Crippen LogP contribution in [0.5, 0.6) is 0 Å². The van der Waals surface area contributed by atoms with Gasteiger partial charge in [-0.05, 0) is 83.7 Å². The van der Waals surface area contributed by atoms with E-state index in [-0.39, 0.29) is 0 Å². The molecule has 0 N–H and O–H groups in total. The minimum atomic E-state index is 1.23. The molecule has 0 nitrogen and oxygen atoms in total. The third-order valence-corrected chi connectivity index (χ3v) is 8.71. The first-order valence-electron chi connectivity index (χ1n) is 15.0. The molecule has 0 saturated heterocycles. The van der Waals surface area contributed by atoms with Crippen molar-refractivity contribution >= 4 is 32.3 Å². The minimum Gasteiger partial charge on any atom is -0.0622 e. The molecule has 8 aromatic rings. The van der Waals surface area contributed by atoms with Gasteiger partial charge in [-0.25, -0.2) is 0 Å². The van der Waals surface area contributed by atoms with Gasteiger partial charge in [-0.2, -0.15) is 0 Å². The van der Waals surface area contributed by atoms with Crippen molar-refractivity contribution in [3.8, 4) is 44.5 Å². The summed E-state index contributed by atoms with van der Waals surface area (Å²) in [5.74, 6) is 0. The van der Waals surface area contributed by atoms with E-state index in [0.717, 1.165) is 0 Å². The van der Waals surface area contributed by atoms with Gasteiger partial charge in [0.1, 0.15) is 0 Å². The van der Waals surface area contributed by atoms with Gasteiger partial charge in [0.05, 0.1) is 0 Å². The zero-order chi connectivity index (χ0) is 28.8. The third-order valence-electron chi connectivity index (χ3n) is 8.71. The van der Waals surface area contributed by atoms with Crippen molar-refractivity contribution < 1.29 is 0 Å². The van der Waals surface area contributed by atoms with E-state index in [4.69, 9.17) is 0 Å². The molecule has 202 valence electrons. The first kappa shape index (κ1) is 25.3. The number of hydrogen-bond acceptors (Lipinski definition) is 0. The Labute approximate surface area is 252 Å². The molecule has 0 heterocycles. The second-order valence-corrected chi connectivity index (χ2v) is 11.3. The molecule has 0 amide bonds. The summed E-state index contributed by atoms with van der Waals surface area (Å²) in [4.78, 5) is 0. The summed E-state index contributed by atoms with van der Waals surface area (Å²) >= 11 is 0. The molecule has 0 aliphatic carbocycles. The van der Waals surface area contributed by atoms with Crippen molar-refractivity contribution in [2.24, 2.45) is 0 Å². The van der Waals surface area contributed by atoms with Crippen LogP contribution in [0.3, 0.4) is 0 Å². The summed E-state index contributed by atoms with van der Waals surface area (Å²) in [7, 11) is 0. The molecule has 0 radical (unpaired) electrons. The molecule has 0 bridgehead atoms. The first-order chi connectivity index (χ1) is 21.3. The lowest BCUT2D eigenvalue weighted by Crippen LogP contribution is -1.97. The van der Waals surface area contributed by atoms with E-state index in [1.165, 1.54) is 82.4 Å². The van der Waals surface area contributed by atoms with E-state index in [0.29, 0.717) is 0 Å². The molecule has 43 heavy (non-hydrogen) atoms. The van der Waals surface area contributed by atoms with Gasteiger partial charge in [-0.15, -0.1) is 0 Å². The standard InChI is InChI=1S/C43H30/c1-29-25-27-33(28-26-29)41-37-24-14-13-23-36(37)39(31-17-7-3-8-18-31)42-38(30-15-5-2-6-16-30)34-21-11-12-22-35(34)40(43(41)42)32-19-9-4-10-20-32/h2-28H,1H3. The summed E-state index contributed by atoms with van der Waals surface area (Å²) in [6.07, 6.45) is 0. The lowest BCUT2D eigenvalue weighted by atomic mass is 9.77. The molecule has 0 aliphatic rings. The van der Waals surface area contributed by atoms with Gasteiger partial charge in [0.25, 0.3) is 0 Å². The SMILES string of the molecule is Cc1ccc(-c2c3ccccc3c(-c3ccccc3)c3c(-c4ccccc4)c4ccccc4c(-c4ccccc4)c23)cc1. The topological polar surface area (TPSA) is 0 Å². The van der Waals surface area contributed by atoms with Crippen molar-refractivity contribution in [3.63, 3.8) is 0 Å². The summed E-state index contributed by atoms with van der Waals surface area (Å²) in [6.45, 7) is 2.16. The molecule has 8 rings (SSSR count). The molecule has 0 aromatic heterocycles. The van der Waals surface area contributed by atoms with Crippen molar-refractivity contribution in [1.29, 1.82) is 0 Å². The average molecular weight is 547 g/mol. The van der Waals surface area contributed by atoms with Crippen LogP contribution in [0.15, 0.2) is 164 Å². The normalized spacial score (nSPS) is 11.4. The highest BCUT2D eigenvalue weighted by Crippen LogP contribution is 2.53. The molecule has 0 unspecified atom stereocenters. The van der Waals surface area contributed by atoms with Crippen LogP contribution in [-0.4, -0.2) is 0 Å².